The predicted octanol–water partition coefficient (Wildman–Crippen LogP) is 1.42. The molecule has 0 saturated carbocycles. The summed E-state index contributed by atoms with van der Waals surface area (Å²) in [5.41, 5.74) is 0.949. The third-order valence-electron chi connectivity index (χ3n) is 3.63. The van der Waals surface area contributed by atoms with Crippen LogP contribution >= 0.6 is 11.3 Å². The monoisotopic (exact) mass is 282 g/mol. The molecule has 1 amide bonds. The predicted molar refractivity (Wildman–Crippen MR) is 78.6 cm³/mol. The second kappa shape index (κ2) is 6.45. The first kappa shape index (κ1) is 14.4. The normalized spacial score (nSPS) is 19.3. The van der Waals surface area contributed by atoms with Gasteiger partial charge in [0.05, 0.1) is 11.7 Å². The van der Waals surface area contributed by atoms with Crippen molar-refractivity contribution < 1.29 is 4.79 Å². The van der Waals surface area contributed by atoms with E-state index in [0.29, 0.717) is 5.13 Å². The van der Waals surface area contributed by atoms with Gasteiger partial charge < -0.3 is 10.2 Å². The summed E-state index contributed by atoms with van der Waals surface area (Å²) < 4.78 is 0. The third-order valence-corrected chi connectivity index (χ3v) is 4.51. The largest absolute Gasteiger partial charge is 0.301 e. The van der Waals surface area contributed by atoms with Crippen LogP contribution in [-0.4, -0.2) is 59.5 Å². The fourth-order valence-corrected chi connectivity index (χ4v) is 2.95. The van der Waals surface area contributed by atoms with Gasteiger partial charge in [0.15, 0.2) is 5.13 Å². The lowest BCUT2D eigenvalue weighted by Gasteiger charge is -2.36. The molecule has 2 heterocycles. The zero-order valence-corrected chi connectivity index (χ0v) is 12.7. The Bertz CT molecular complexity index is 426. The smallest absolute Gasteiger partial charge is 0.243 e. The van der Waals surface area contributed by atoms with Gasteiger partial charge in [0.25, 0.3) is 0 Å². The van der Waals surface area contributed by atoms with E-state index < -0.39 is 0 Å². The highest BCUT2D eigenvalue weighted by Gasteiger charge is 2.25. The van der Waals surface area contributed by atoms with Gasteiger partial charge in [0.1, 0.15) is 0 Å². The Kier molecular flexibility index (Phi) is 4.90. The Labute approximate surface area is 118 Å². The van der Waals surface area contributed by atoms with Crippen molar-refractivity contribution >= 4 is 22.4 Å². The van der Waals surface area contributed by atoms with Gasteiger partial charge in [-0.3, -0.25) is 9.69 Å². The van der Waals surface area contributed by atoms with Gasteiger partial charge in [0.2, 0.25) is 5.91 Å². The molecule has 1 aliphatic heterocycles. The van der Waals surface area contributed by atoms with E-state index in [1.165, 1.54) is 11.3 Å². The fraction of sp³-hybridized carbons (Fsp3) is 0.692. The number of amides is 1. The summed E-state index contributed by atoms with van der Waals surface area (Å²) >= 11 is 1.48. The number of anilines is 1. The number of nitrogens with one attached hydrogen (secondary N) is 1. The molecule has 1 aromatic heterocycles. The first-order valence-corrected chi connectivity index (χ1v) is 7.67. The van der Waals surface area contributed by atoms with Crippen molar-refractivity contribution in [2.75, 3.05) is 38.0 Å². The van der Waals surface area contributed by atoms with Crippen molar-refractivity contribution in [1.82, 2.24) is 14.8 Å². The molecule has 6 heteroatoms. The standard InChI is InChI=1S/C13H22N4OS/c1-4-16-5-7-17(8-6-16)11(3)12(18)15-13-14-10(2)9-19-13/h9,11H,4-8H2,1-3H3,(H,14,15,18)/t11-/m0/s1. The second-order valence-electron chi connectivity index (χ2n) is 4.93. The van der Waals surface area contributed by atoms with E-state index in [9.17, 15) is 4.79 Å². The molecule has 0 aliphatic carbocycles. The quantitative estimate of drug-likeness (QED) is 0.907. The summed E-state index contributed by atoms with van der Waals surface area (Å²) in [7, 11) is 0. The lowest BCUT2D eigenvalue weighted by atomic mass is 10.2. The number of thiazole rings is 1. The van der Waals surface area contributed by atoms with Crippen molar-refractivity contribution in [2.45, 2.75) is 26.8 Å². The number of carbonyl (C=O) groups is 1. The minimum absolute atomic E-state index is 0.0410. The number of hydrogen-bond acceptors (Lipinski definition) is 5. The Hall–Kier alpha value is -0.980. The maximum absolute atomic E-state index is 12.2. The van der Waals surface area contributed by atoms with Crippen molar-refractivity contribution in [3.8, 4) is 0 Å². The number of piperazine rings is 1. The Morgan fingerprint density at radius 2 is 2.16 bits per heavy atom. The molecule has 1 aliphatic rings. The van der Waals surface area contributed by atoms with Crippen molar-refractivity contribution in [1.29, 1.82) is 0 Å². The maximum atomic E-state index is 12.2. The van der Waals surface area contributed by atoms with Gasteiger partial charge in [-0.2, -0.15) is 0 Å². The Balaban J connectivity index is 1.85. The molecule has 1 atom stereocenters. The highest BCUT2D eigenvalue weighted by Crippen LogP contribution is 2.15. The fourth-order valence-electron chi connectivity index (χ4n) is 2.25. The lowest BCUT2D eigenvalue weighted by Crippen LogP contribution is -2.52. The molecule has 5 nitrogen and oxygen atoms in total. The summed E-state index contributed by atoms with van der Waals surface area (Å²) in [6.07, 6.45) is 0. The Morgan fingerprint density at radius 3 is 2.68 bits per heavy atom. The maximum Gasteiger partial charge on any atom is 0.243 e. The average molecular weight is 282 g/mol. The number of aryl methyl sites for hydroxylation is 1. The van der Waals surface area contributed by atoms with Crippen LogP contribution in [0.5, 0.6) is 0 Å². The molecule has 19 heavy (non-hydrogen) atoms. The van der Waals surface area contributed by atoms with Crippen LogP contribution in [0.2, 0.25) is 0 Å². The molecular formula is C13H22N4OS. The van der Waals surface area contributed by atoms with Crippen LogP contribution in [0.25, 0.3) is 0 Å². The molecule has 2 rings (SSSR count). The molecule has 1 saturated heterocycles. The zero-order valence-electron chi connectivity index (χ0n) is 11.8. The van der Waals surface area contributed by atoms with E-state index >= 15 is 0 Å². The van der Waals surface area contributed by atoms with E-state index in [4.69, 9.17) is 0 Å². The molecule has 0 aromatic carbocycles. The molecule has 0 radical (unpaired) electrons. The number of rotatable bonds is 4. The molecule has 0 bridgehead atoms. The number of nitrogens with zero attached hydrogens (tertiary/aromatic N) is 3. The molecule has 0 spiro atoms. The van der Waals surface area contributed by atoms with Crippen LogP contribution in [0.1, 0.15) is 19.5 Å². The highest BCUT2D eigenvalue weighted by molar-refractivity contribution is 7.13. The number of carbonyl (C=O) groups excluding carboxylic acids is 1. The van der Waals surface area contributed by atoms with Crippen LogP contribution in [0.15, 0.2) is 5.38 Å². The van der Waals surface area contributed by atoms with E-state index in [2.05, 4.69) is 27.0 Å². The van der Waals surface area contributed by atoms with Crippen LogP contribution in [0, 0.1) is 6.92 Å². The molecule has 0 unspecified atom stereocenters. The van der Waals surface area contributed by atoms with E-state index in [1.54, 1.807) is 0 Å². The molecule has 1 aromatic rings. The molecule has 1 fully saturated rings. The topological polar surface area (TPSA) is 48.5 Å². The minimum Gasteiger partial charge on any atom is -0.301 e. The van der Waals surface area contributed by atoms with Gasteiger partial charge in [-0.1, -0.05) is 6.92 Å². The van der Waals surface area contributed by atoms with Crippen molar-refractivity contribution in [3.05, 3.63) is 11.1 Å². The van der Waals surface area contributed by atoms with Crippen molar-refractivity contribution in [3.63, 3.8) is 0 Å². The van der Waals surface area contributed by atoms with Gasteiger partial charge in [-0.15, -0.1) is 11.3 Å². The highest BCUT2D eigenvalue weighted by atomic mass is 32.1. The molecule has 106 valence electrons. The second-order valence-corrected chi connectivity index (χ2v) is 5.79. The van der Waals surface area contributed by atoms with Crippen LogP contribution < -0.4 is 5.32 Å². The number of aromatic nitrogens is 1. The summed E-state index contributed by atoms with van der Waals surface area (Å²) in [6, 6.07) is -0.0942. The average Bonchev–Trinajstić information content (AvgIpc) is 2.83. The summed E-state index contributed by atoms with van der Waals surface area (Å²) in [6.45, 7) is 11.2. The molecular weight excluding hydrogens is 260 g/mol. The van der Waals surface area contributed by atoms with Gasteiger partial charge in [-0.05, 0) is 20.4 Å². The molecule has 1 N–H and O–H groups in total. The van der Waals surface area contributed by atoms with Gasteiger partial charge in [0, 0.05) is 31.6 Å². The van der Waals surface area contributed by atoms with Gasteiger partial charge >= 0.3 is 0 Å². The summed E-state index contributed by atoms with van der Waals surface area (Å²) in [4.78, 5) is 21.1. The third kappa shape index (κ3) is 3.75. The van der Waals surface area contributed by atoms with Crippen LogP contribution in [-0.2, 0) is 4.79 Å². The van der Waals surface area contributed by atoms with E-state index in [1.807, 2.05) is 19.2 Å². The van der Waals surface area contributed by atoms with Crippen LogP contribution in [0.4, 0.5) is 5.13 Å². The SMILES string of the molecule is CCN1CCN([C@@H](C)C(=O)Nc2nc(C)cs2)CC1. The van der Waals surface area contributed by atoms with Crippen LogP contribution in [0.3, 0.4) is 0 Å². The van der Waals surface area contributed by atoms with E-state index in [-0.39, 0.29) is 11.9 Å². The summed E-state index contributed by atoms with van der Waals surface area (Å²) in [5.74, 6) is 0.0410. The van der Waals surface area contributed by atoms with E-state index in [0.717, 1.165) is 38.4 Å². The number of hydrogen-bond donors (Lipinski definition) is 1. The first-order chi connectivity index (χ1) is 9.10. The lowest BCUT2D eigenvalue weighted by molar-refractivity contribution is -0.121. The zero-order chi connectivity index (χ0) is 13.8. The minimum atomic E-state index is -0.0942. The van der Waals surface area contributed by atoms with Crippen molar-refractivity contribution in [2.24, 2.45) is 0 Å². The number of likely N-dealkylation sites (N-methyl/N-ethyl adjacent to an activating group) is 1. The summed E-state index contributed by atoms with van der Waals surface area (Å²) in [5, 5.41) is 5.54. The Morgan fingerprint density at radius 1 is 1.47 bits per heavy atom. The first-order valence-electron chi connectivity index (χ1n) is 6.79. The van der Waals surface area contributed by atoms with Gasteiger partial charge in [-0.25, -0.2) is 4.98 Å².